The Morgan fingerprint density at radius 3 is 1.68 bits per heavy atom. The fourth-order valence-corrected chi connectivity index (χ4v) is 5.06. The molecule has 198 valence electrons. The van der Waals surface area contributed by atoms with Crippen molar-refractivity contribution in [1.82, 2.24) is 0 Å². The number of aryl methyl sites for hydroxylation is 1. The van der Waals surface area contributed by atoms with Crippen LogP contribution in [0.25, 0.3) is 0 Å². The molecule has 1 aromatic carbocycles. The zero-order valence-corrected chi connectivity index (χ0v) is 24.1. The molecule has 34 heavy (non-hydrogen) atoms. The van der Waals surface area contributed by atoms with E-state index in [2.05, 4.69) is 52.8 Å². The lowest BCUT2D eigenvalue weighted by atomic mass is 10.0. The number of hydrogen-bond acceptors (Lipinski definition) is 3. The quantitative estimate of drug-likeness (QED) is 0.112. The summed E-state index contributed by atoms with van der Waals surface area (Å²) in [5.41, 5.74) is 1.26. The van der Waals surface area contributed by atoms with Crippen LogP contribution in [0.4, 0.5) is 0 Å². The molecule has 0 aliphatic rings. The Morgan fingerprint density at radius 2 is 1.15 bits per heavy atom. The van der Waals surface area contributed by atoms with Gasteiger partial charge in [-0.3, -0.25) is 0 Å². The number of rotatable bonds is 23. The van der Waals surface area contributed by atoms with E-state index in [0.29, 0.717) is 0 Å². The summed E-state index contributed by atoms with van der Waals surface area (Å²) in [5, 5.41) is 0. The van der Waals surface area contributed by atoms with Gasteiger partial charge in [0.1, 0.15) is 5.75 Å². The van der Waals surface area contributed by atoms with Crippen LogP contribution in [0.15, 0.2) is 24.3 Å². The van der Waals surface area contributed by atoms with Gasteiger partial charge in [-0.15, -0.1) is 0 Å². The average Bonchev–Trinajstić information content (AvgIpc) is 2.81. The molecule has 3 nitrogen and oxygen atoms in total. The normalized spacial score (nSPS) is 11.8. The predicted octanol–water partition coefficient (Wildman–Crippen LogP) is 10.7. The van der Waals surface area contributed by atoms with Crippen LogP contribution in [-0.2, 0) is 15.5 Å². The van der Waals surface area contributed by atoms with Crippen molar-refractivity contribution in [2.75, 3.05) is 13.2 Å². The monoisotopic (exact) mass is 494 g/mol. The highest BCUT2D eigenvalue weighted by molar-refractivity contribution is 7.42. The first-order valence-corrected chi connectivity index (χ1v) is 15.4. The standard InChI is InChI=1S/C30H55O3P/c1-6-7-22-29-23-16-17-24-30(29)33-34(31-25-18-12-8-10-14-20-27(2)3)32-26-19-13-9-11-15-21-28(4)5/h16-17,23-24,27-28H,6-15,18-22,25-26H2,1-5H3. The van der Waals surface area contributed by atoms with Crippen molar-refractivity contribution in [3.63, 3.8) is 0 Å². The molecule has 0 spiro atoms. The molecule has 0 radical (unpaired) electrons. The fourth-order valence-electron chi connectivity index (χ4n) is 3.99. The van der Waals surface area contributed by atoms with Gasteiger partial charge in [-0.1, -0.05) is 123 Å². The van der Waals surface area contributed by atoms with Crippen LogP contribution in [-0.4, -0.2) is 13.2 Å². The first-order valence-electron chi connectivity index (χ1n) is 14.3. The molecule has 0 saturated carbocycles. The number of benzene rings is 1. The van der Waals surface area contributed by atoms with Gasteiger partial charge in [0.2, 0.25) is 0 Å². The molecule has 4 heteroatoms. The summed E-state index contributed by atoms with van der Waals surface area (Å²) in [5.74, 6) is 2.58. The highest BCUT2D eigenvalue weighted by atomic mass is 31.2. The Morgan fingerprint density at radius 1 is 0.647 bits per heavy atom. The Bertz CT molecular complexity index is 552. The highest BCUT2D eigenvalue weighted by Crippen LogP contribution is 2.42. The van der Waals surface area contributed by atoms with E-state index in [1.54, 1.807) is 0 Å². The van der Waals surface area contributed by atoms with E-state index in [4.69, 9.17) is 13.6 Å². The minimum Gasteiger partial charge on any atom is -0.426 e. The molecular formula is C30H55O3P. The Labute approximate surface area is 213 Å². The summed E-state index contributed by atoms with van der Waals surface area (Å²) >= 11 is 0. The van der Waals surface area contributed by atoms with Gasteiger partial charge < -0.3 is 13.6 Å². The van der Waals surface area contributed by atoms with Crippen molar-refractivity contribution >= 4 is 8.60 Å². The molecule has 0 bridgehead atoms. The maximum Gasteiger partial charge on any atom is 0.397 e. The van der Waals surface area contributed by atoms with E-state index in [-0.39, 0.29) is 0 Å². The third-order valence-electron chi connectivity index (χ3n) is 6.19. The molecule has 0 heterocycles. The van der Waals surface area contributed by atoms with E-state index < -0.39 is 8.60 Å². The second-order valence-electron chi connectivity index (χ2n) is 10.6. The van der Waals surface area contributed by atoms with E-state index >= 15 is 0 Å². The molecule has 0 N–H and O–H groups in total. The van der Waals surface area contributed by atoms with Gasteiger partial charge in [0.25, 0.3) is 0 Å². The summed E-state index contributed by atoms with van der Waals surface area (Å²) in [6.45, 7) is 12.9. The van der Waals surface area contributed by atoms with E-state index in [1.807, 2.05) is 6.07 Å². The molecule has 1 rings (SSSR count). The number of para-hydroxylation sites is 1. The molecule has 0 aliphatic carbocycles. The van der Waals surface area contributed by atoms with Crippen molar-refractivity contribution in [1.29, 1.82) is 0 Å². The molecule has 0 fully saturated rings. The number of unbranched alkanes of at least 4 members (excludes halogenated alkanes) is 9. The lowest BCUT2D eigenvalue weighted by Crippen LogP contribution is -2.02. The molecule has 0 aliphatic heterocycles. The van der Waals surface area contributed by atoms with Crippen molar-refractivity contribution < 1.29 is 13.6 Å². The van der Waals surface area contributed by atoms with E-state index in [0.717, 1.165) is 50.1 Å². The molecule has 1 aromatic rings. The zero-order valence-electron chi connectivity index (χ0n) is 23.2. The van der Waals surface area contributed by atoms with Gasteiger partial charge in [0.15, 0.2) is 0 Å². The molecular weight excluding hydrogens is 439 g/mol. The van der Waals surface area contributed by atoms with Crippen molar-refractivity contribution in [2.45, 2.75) is 131 Å². The van der Waals surface area contributed by atoms with Crippen LogP contribution in [0.3, 0.4) is 0 Å². The second kappa shape index (κ2) is 21.6. The minimum atomic E-state index is -1.34. The average molecular weight is 495 g/mol. The van der Waals surface area contributed by atoms with Gasteiger partial charge in [-0.25, -0.2) is 0 Å². The Balaban J connectivity index is 2.40. The van der Waals surface area contributed by atoms with Crippen LogP contribution in [0, 0.1) is 11.8 Å². The van der Waals surface area contributed by atoms with Gasteiger partial charge in [0, 0.05) is 0 Å². The lowest BCUT2D eigenvalue weighted by Gasteiger charge is -2.19. The smallest absolute Gasteiger partial charge is 0.397 e. The third-order valence-corrected chi connectivity index (χ3v) is 7.32. The van der Waals surface area contributed by atoms with Crippen molar-refractivity contribution in [3.8, 4) is 5.75 Å². The summed E-state index contributed by atoms with van der Waals surface area (Å²) in [6.07, 6.45) is 18.7. The van der Waals surface area contributed by atoms with Crippen LogP contribution in [0.1, 0.15) is 130 Å². The van der Waals surface area contributed by atoms with Crippen LogP contribution in [0.2, 0.25) is 0 Å². The predicted molar refractivity (Wildman–Crippen MR) is 150 cm³/mol. The van der Waals surface area contributed by atoms with E-state index in [1.165, 1.54) is 82.6 Å². The van der Waals surface area contributed by atoms with Gasteiger partial charge in [-0.05, 0) is 49.1 Å². The molecule has 0 saturated heterocycles. The van der Waals surface area contributed by atoms with Gasteiger partial charge >= 0.3 is 8.60 Å². The van der Waals surface area contributed by atoms with Gasteiger partial charge in [0.05, 0.1) is 13.2 Å². The summed E-state index contributed by atoms with van der Waals surface area (Å²) < 4.78 is 18.6. The van der Waals surface area contributed by atoms with Crippen molar-refractivity contribution in [2.24, 2.45) is 11.8 Å². The SMILES string of the molecule is CCCCc1ccccc1OP(OCCCCCCCC(C)C)OCCCCCCCC(C)C. The summed E-state index contributed by atoms with van der Waals surface area (Å²) in [7, 11) is -1.34. The fraction of sp³-hybridized carbons (Fsp3) is 0.800. The largest absolute Gasteiger partial charge is 0.426 e. The van der Waals surface area contributed by atoms with Crippen LogP contribution >= 0.6 is 8.60 Å². The maximum atomic E-state index is 6.31. The zero-order chi connectivity index (χ0) is 24.9. The Hall–Kier alpha value is -0.630. The van der Waals surface area contributed by atoms with Crippen LogP contribution in [0.5, 0.6) is 5.75 Å². The van der Waals surface area contributed by atoms with Crippen LogP contribution < -0.4 is 4.52 Å². The molecule has 0 amide bonds. The molecule has 0 aromatic heterocycles. The van der Waals surface area contributed by atoms with Gasteiger partial charge in [-0.2, -0.15) is 0 Å². The molecule has 0 atom stereocenters. The molecule has 0 unspecified atom stereocenters. The minimum absolute atomic E-state index is 0.724. The van der Waals surface area contributed by atoms with Crippen molar-refractivity contribution in [3.05, 3.63) is 29.8 Å². The lowest BCUT2D eigenvalue weighted by molar-refractivity contribution is 0.198. The summed E-state index contributed by atoms with van der Waals surface area (Å²) in [6, 6.07) is 8.39. The maximum absolute atomic E-state index is 6.31. The third kappa shape index (κ3) is 17.8. The Kier molecular flexibility index (Phi) is 20.0. The van der Waals surface area contributed by atoms with E-state index in [9.17, 15) is 0 Å². The first-order chi connectivity index (χ1) is 16.5. The topological polar surface area (TPSA) is 27.7 Å². The second-order valence-corrected chi connectivity index (χ2v) is 11.7. The number of hydrogen-bond donors (Lipinski definition) is 0. The summed E-state index contributed by atoms with van der Waals surface area (Å²) in [4.78, 5) is 0. The highest BCUT2D eigenvalue weighted by Gasteiger charge is 2.17. The first kappa shape index (κ1) is 31.4.